The highest BCUT2D eigenvalue weighted by Crippen LogP contribution is 2.36. The zero-order valence-electron chi connectivity index (χ0n) is 9.24. The van der Waals surface area contributed by atoms with Crippen molar-refractivity contribution in [3.63, 3.8) is 0 Å². The van der Waals surface area contributed by atoms with Crippen molar-refractivity contribution >= 4 is 39.9 Å². The Kier molecular flexibility index (Phi) is 2.65. The van der Waals surface area contributed by atoms with Crippen LogP contribution in [0.1, 0.15) is 0 Å². The van der Waals surface area contributed by atoms with Gasteiger partial charge in [-0.3, -0.25) is 0 Å². The van der Waals surface area contributed by atoms with Gasteiger partial charge in [0.1, 0.15) is 5.65 Å². The Hall–Kier alpha value is -1.71. The maximum absolute atomic E-state index is 6.23. The lowest BCUT2D eigenvalue weighted by molar-refractivity contribution is 1.33. The normalized spacial score (nSPS) is 11.0. The van der Waals surface area contributed by atoms with E-state index in [4.69, 9.17) is 28.9 Å². The number of fused-ring (bicyclic) bond motifs is 1. The zero-order chi connectivity index (χ0) is 12.7. The average Bonchev–Trinajstić information content (AvgIpc) is 2.72. The molecule has 0 spiro atoms. The number of aromatic nitrogens is 2. The van der Waals surface area contributed by atoms with Crippen molar-refractivity contribution in [1.82, 2.24) is 9.97 Å². The molecule has 0 saturated heterocycles. The number of hydrogen-bond acceptors (Lipinski definition) is 2. The molecule has 3 aromatic rings. The first-order valence-corrected chi connectivity index (χ1v) is 6.09. The second-order valence-electron chi connectivity index (χ2n) is 3.95. The van der Waals surface area contributed by atoms with Gasteiger partial charge in [-0.15, -0.1) is 0 Å². The first kappa shape index (κ1) is 11.4. The minimum atomic E-state index is 0.593. The van der Waals surface area contributed by atoms with Crippen LogP contribution in [0, 0.1) is 0 Å². The quantitative estimate of drug-likeness (QED) is 0.703. The predicted octanol–water partition coefficient (Wildman–Crippen LogP) is 4.12. The van der Waals surface area contributed by atoms with Gasteiger partial charge in [0.15, 0.2) is 0 Å². The molecule has 1 aromatic carbocycles. The number of halogens is 2. The van der Waals surface area contributed by atoms with Crippen LogP contribution >= 0.6 is 23.2 Å². The van der Waals surface area contributed by atoms with Crippen molar-refractivity contribution in [3.05, 3.63) is 46.7 Å². The monoisotopic (exact) mass is 277 g/mol. The van der Waals surface area contributed by atoms with Crippen LogP contribution in [0.2, 0.25) is 10.0 Å². The van der Waals surface area contributed by atoms with Gasteiger partial charge in [0.05, 0.1) is 5.69 Å². The van der Waals surface area contributed by atoms with E-state index < -0.39 is 0 Å². The molecule has 3 N–H and O–H groups in total. The molecule has 0 aliphatic carbocycles. The molecular formula is C13H9Cl2N3. The van der Waals surface area contributed by atoms with Gasteiger partial charge in [0.25, 0.3) is 0 Å². The lowest BCUT2D eigenvalue weighted by Crippen LogP contribution is -1.87. The van der Waals surface area contributed by atoms with E-state index in [0.717, 1.165) is 22.2 Å². The molecule has 0 atom stereocenters. The van der Waals surface area contributed by atoms with E-state index in [2.05, 4.69) is 9.97 Å². The molecule has 3 nitrogen and oxygen atoms in total. The maximum atomic E-state index is 6.23. The highest BCUT2D eigenvalue weighted by Gasteiger charge is 2.11. The van der Waals surface area contributed by atoms with Crippen molar-refractivity contribution in [3.8, 4) is 11.1 Å². The predicted molar refractivity (Wildman–Crippen MR) is 76.0 cm³/mol. The second-order valence-corrected chi connectivity index (χ2v) is 4.79. The summed E-state index contributed by atoms with van der Waals surface area (Å²) in [5, 5.41) is 2.08. The van der Waals surface area contributed by atoms with Crippen LogP contribution < -0.4 is 5.73 Å². The molecule has 2 aromatic heterocycles. The fourth-order valence-electron chi connectivity index (χ4n) is 2.01. The molecule has 0 amide bonds. The smallest absolute Gasteiger partial charge is 0.139 e. The molecule has 3 rings (SSSR count). The highest BCUT2D eigenvalue weighted by molar-refractivity contribution is 6.36. The summed E-state index contributed by atoms with van der Waals surface area (Å²) in [5.41, 5.74) is 9.19. The summed E-state index contributed by atoms with van der Waals surface area (Å²) in [6.07, 6.45) is 3.45. The molecule has 2 heterocycles. The minimum Gasteiger partial charge on any atom is -0.397 e. The number of aromatic amines is 1. The molecule has 18 heavy (non-hydrogen) atoms. The third kappa shape index (κ3) is 1.72. The topological polar surface area (TPSA) is 54.7 Å². The summed E-state index contributed by atoms with van der Waals surface area (Å²) in [7, 11) is 0. The number of anilines is 1. The van der Waals surface area contributed by atoms with Gasteiger partial charge in [0.2, 0.25) is 0 Å². The summed E-state index contributed by atoms with van der Waals surface area (Å²) >= 11 is 12.1. The average molecular weight is 278 g/mol. The van der Waals surface area contributed by atoms with Crippen molar-refractivity contribution in [2.75, 3.05) is 5.73 Å². The number of benzene rings is 1. The van der Waals surface area contributed by atoms with Crippen LogP contribution in [-0.2, 0) is 0 Å². The van der Waals surface area contributed by atoms with Gasteiger partial charge in [-0.25, -0.2) is 4.98 Å². The fraction of sp³-hybridized carbons (Fsp3) is 0. The number of nitrogens with one attached hydrogen (secondary N) is 1. The Labute approximate surface area is 114 Å². The standard InChI is InChI=1S/C13H9Cl2N3/c14-7-1-2-8(10(15)5-7)9-3-4-17-13-12(9)11(16)6-18-13/h1-6H,16H2,(H,17,18). The summed E-state index contributed by atoms with van der Waals surface area (Å²) in [5.74, 6) is 0. The Bertz CT molecular complexity index is 734. The summed E-state index contributed by atoms with van der Waals surface area (Å²) in [6, 6.07) is 7.29. The van der Waals surface area contributed by atoms with E-state index >= 15 is 0 Å². The van der Waals surface area contributed by atoms with Crippen molar-refractivity contribution in [2.45, 2.75) is 0 Å². The number of hydrogen-bond donors (Lipinski definition) is 2. The number of H-pyrrole nitrogens is 1. The van der Waals surface area contributed by atoms with E-state index in [9.17, 15) is 0 Å². The molecule has 0 fully saturated rings. The molecule has 90 valence electrons. The third-order valence-corrected chi connectivity index (χ3v) is 3.37. The molecule has 0 aliphatic heterocycles. The largest absolute Gasteiger partial charge is 0.397 e. The van der Waals surface area contributed by atoms with E-state index in [1.165, 1.54) is 0 Å². The lowest BCUT2D eigenvalue weighted by Gasteiger charge is -2.07. The first-order chi connectivity index (χ1) is 8.66. The van der Waals surface area contributed by atoms with Crippen molar-refractivity contribution < 1.29 is 0 Å². The maximum Gasteiger partial charge on any atom is 0.139 e. The summed E-state index contributed by atoms with van der Waals surface area (Å²) < 4.78 is 0. The van der Waals surface area contributed by atoms with Gasteiger partial charge in [0, 0.05) is 33.4 Å². The molecular weight excluding hydrogens is 269 g/mol. The van der Waals surface area contributed by atoms with Gasteiger partial charge in [-0.2, -0.15) is 0 Å². The van der Waals surface area contributed by atoms with E-state index in [-0.39, 0.29) is 0 Å². The van der Waals surface area contributed by atoms with Crippen LogP contribution in [0.15, 0.2) is 36.7 Å². The number of pyridine rings is 1. The van der Waals surface area contributed by atoms with Crippen molar-refractivity contribution in [2.24, 2.45) is 0 Å². The van der Waals surface area contributed by atoms with Crippen LogP contribution in [0.4, 0.5) is 5.69 Å². The van der Waals surface area contributed by atoms with Crippen LogP contribution in [-0.4, -0.2) is 9.97 Å². The summed E-state index contributed by atoms with van der Waals surface area (Å²) in [6.45, 7) is 0. The molecule has 0 unspecified atom stereocenters. The van der Waals surface area contributed by atoms with Crippen LogP contribution in [0.25, 0.3) is 22.2 Å². The fourth-order valence-corrected chi connectivity index (χ4v) is 2.52. The molecule has 0 radical (unpaired) electrons. The second kappa shape index (κ2) is 4.19. The SMILES string of the molecule is Nc1c[nH]c2nccc(-c3ccc(Cl)cc3Cl)c12. The van der Waals surface area contributed by atoms with Crippen LogP contribution in [0.3, 0.4) is 0 Å². The number of rotatable bonds is 1. The van der Waals surface area contributed by atoms with Gasteiger partial charge in [-0.05, 0) is 23.8 Å². The van der Waals surface area contributed by atoms with Gasteiger partial charge >= 0.3 is 0 Å². The van der Waals surface area contributed by atoms with Gasteiger partial charge < -0.3 is 10.7 Å². The molecule has 0 bridgehead atoms. The molecule has 0 saturated carbocycles. The number of nitrogens with zero attached hydrogens (tertiary/aromatic N) is 1. The Morgan fingerprint density at radius 2 is 1.94 bits per heavy atom. The number of nitrogen functional groups attached to an aromatic ring is 1. The van der Waals surface area contributed by atoms with E-state index in [0.29, 0.717) is 15.7 Å². The van der Waals surface area contributed by atoms with Crippen molar-refractivity contribution in [1.29, 1.82) is 0 Å². The lowest BCUT2D eigenvalue weighted by atomic mass is 10.0. The Morgan fingerprint density at radius 3 is 2.72 bits per heavy atom. The third-order valence-electron chi connectivity index (χ3n) is 2.83. The highest BCUT2D eigenvalue weighted by atomic mass is 35.5. The van der Waals surface area contributed by atoms with Gasteiger partial charge in [-0.1, -0.05) is 29.3 Å². The van der Waals surface area contributed by atoms with E-state index in [1.54, 1.807) is 24.5 Å². The van der Waals surface area contributed by atoms with E-state index in [1.807, 2.05) is 12.1 Å². The molecule has 0 aliphatic rings. The summed E-state index contributed by atoms with van der Waals surface area (Å²) in [4.78, 5) is 7.25. The number of nitrogens with two attached hydrogens (primary N) is 1. The van der Waals surface area contributed by atoms with Crippen LogP contribution in [0.5, 0.6) is 0 Å². The first-order valence-electron chi connectivity index (χ1n) is 5.34. The Morgan fingerprint density at radius 1 is 1.11 bits per heavy atom. The minimum absolute atomic E-state index is 0.593. The Balaban J connectivity index is 2.34. The zero-order valence-corrected chi connectivity index (χ0v) is 10.8. The molecule has 5 heteroatoms.